The summed E-state index contributed by atoms with van der Waals surface area (Å²) < 4.78 is 93.4. The highest BCUT2D eigenvalue weighted by Crippen LogP contribution is 2.49. The number of ether oxygens (including phenoxy) is 4. The summed E-state index contributed by atoms with van der Waals surface area (Å²) in [6.45, 7) is -0.301. The fraction of sp³-hybridized carbons (Fsp3) is 0.226. The van der Waals surface area contributed by atoms with Gasteiger partial charge in [-0.05, 0) is 59.2 Å². The van der Waals surface area contributed by atoms with E-state index < -0.39 is 37.3 Å². The van der Waals surface area contributed by atoms with Gasteiger partial charge in [0.1, 0.15) is 41.8 Å². The van der Waals surface area contributed by atoms with Crippen molar-refractivity contribution in [1.82, 2.24) is 0 Å². The largest absolute Gasteiger partial charge is 0.486 e. The molecular formula is C31H32N2O10S2. The van der Waals surface area contributed by atoms with Crippen molar-refractivity contribution in [3.05, 3.63) is 96.1 Å². The maximum absolute atomic E-state index is 12.8. The summed E-state index contributed by atoms with van der Waals surface area (Å²) >= 11 is 0. The Hall–Kier alpha value is -4.18. The van der Waals surface area contributed by atoms with Gasteiger partial charge in [0.15, 0.2) is 11.5 Å². The van der Waals surface area contributed by atoms with Crippen LogP contribution in [0.25, 0.3) is 11.1 Å². The zero-order valence-electron chi connectivity index (χ0n) is 23.9. The smallest absolute Gasteiger partial charge is 0.298 e. The lowest BCUT2D eigenvalue weighted by atomic mass is 10.0. The summed E-state index contributed by atoms with van der Waals surface area (Å²) in [5.74, 6) is 0.754. The highest BCUT2D eigenvalue weighted by atomic mass is 32.2. The molecule has 0 bridgehead atoms. The zero-order valence-corrected chi connectivity index (χ0v) is 25.5. The zero-order chi connectivity index (χ0) is 32.2. The molecule has 0 amide bonds. The molecule has 2 atom stereocenters. The molecule has 12 nitrogen and oxygen atoms in total. The molecule has 0 spiro atoms. The van der Waals surface area contributed by atoms with E-state index in [2.05, 4.69) is 0 Å². The van der Waals surface area contributed by atoms with E-state index in [9.17, 15) is 25.9 Å². The van der Waals surface area contributed by atoms with Crippen molar-refractivity contribution in [3.8, 4) is 34.1 Å². The summed E-state index contributed by atoms with van der Waals surface area (Å²) in [6.07, 6.45) is -1.18. The van der Waals surface area contributed by atoms with Crippen LogP contribution in [0, 0.1) is 0 Å². The van der Waals surface area contributed by atoms with Gasteiger partial charge in [0.25, 0.3) is 20.2 Å². The second kappa shape index (κ2) is 13.4. The van der Waals surface area contributed by atoms with Crippen LogP contribution in [-0.4, -0.2) is 64.5 Å². The summed E-state index contributed by atoms with van der Waals surface area (Å²) in [4.78, 5) is -1.00. The van der Waals surface area contributed by atoms with Crippen molar-refractivity contribution in [2.24, 2.45) is 11.5 Å². The van der Waals surface area contributed by atoms with Crippen LogP contribution in [0.1, 0.15) is 11.1 Å². The monoisotopic (exact) mass is 656 g/mol. The average Bonchev–Trinajstić information content (AvgIpc) is 3.39. The maximum Gasteiger partial charge on any atom is 0.298 e. The van der Waals surface area contributed by atoms with Crippen molar-refractivity contribution in [2.45, 2.75) is 28.4 Å². The Balaban J connectivity index is 1.57. The Morgan fingerprint density at radius 1 is 0.667 bits per heavy atom. The van der Waals surface area contributed by atoms with Crippen LogP contribution in [0.5, 0.6) is 23.0 Å². The molecule has 0 fully saturated rings. The molecule has 6 N–H and O–H groups in total. The molecule has 1 aliphatic rings. The number of benzene rings is 4. The van der Waals surface area contributed by atoms with Gasteiger partial charge in [-0.15, -0.1) is 0 Å². The molecule has 0 aromatic heterocycles. The van der Waals surface area contributed by atoms with E-state index in [1.165, 1.54) is 24.3 Å². The first-order valence-electron chi connectivity index (χ1n) is 13.8. The highest BCUT2D eigenvalue weighted by molar-refractivity contribution is 7.86. The van der Waals surface area contributed by atoms with Gasteiger partial charge >= 0.3 is 0 Å². The summed E-state index contributed by atoms with van der Waals surface area (Å²) in [5.41, 5.74) is 13.6. The predicted molar refractivity (Wildman–Crippen MR) is 165 cm³/mol. The SMILES string of the molecule is NCC(COc1c(S(=O)(=O)O)cc2c(c1OCC(CN)Oc1ccccc1)Cc1ccc(S(=O)(=O)O)cc1-2)Oc1ccccc1. The van der Waals surface area contributed by atoms with Crippen LogP contribution in [0.4, 0.5) is 0 Å². The molecule has 4 aromatic rings. The minimum Gasteiger partial charge on any atom is -0.486 e. The molecule has 0 aliphatic heterocycles. The van der Waals surface area contributed by atoms with E-state index in [1.54, 1.807) is 48.5 Å². The summed E-state index contributed by atoms with van der Waals surface area (Å²) in [7, 11) is -9.49. The number of rotatable bonds is 14. The van der Waals surface area contributed by atoms with Crippen LogP contribution < -0.4 is 30.4 Å². The fourth-order valence-corrected chi connectivity index (χ4v) is 6.06. The normalized spacial score (nSPS) is 13.8. The number of hydrogen-bond acceptors (Lipinski definition) is 10. The lowest BCUT2D eigenvalue weighted by Crippen LogP contribution is -2.34. The first kappa shape index (κ1) is 32.2. The molecule has 14 heteroatoms. The van der Waals surface area contributed by atoms with Gasteiger partial charge in [0.05, 0.1) is 4.90 Å². The number of fused-ring (bicyclic) bond motifs is 3. The third kappa shape index (κ3) is 7.56. The van der Waals surface area contributed by atoms with Gasteiger partial charge in [-0.25, -0.2) is 0 Å². The Labute approximate surface area is 261 Å². The Kier molecular flexibility index (Phi) is 9.62. The van der Waals surface area contributed by atoms with Crippen LogP contribution in [0.15, 0.2) is 94.7 Å². The maximum atomic E-state index is 12.8. The van der Waals surface area contributed by atoms with Crippen molar-refractivity contribution in [3.63, 3.8) is 0 Å². The van der Waals surface area contributed by atoms with Gasteiger partial charge in [0, 0.05) is 25.1 Å². The van der Waals surface area contributed by atoms with E-state index in [0.717, 1.165) is 0 Å². The minimum absolute atomic E-state index is 0.0151. The second-order valence-electron chi connectivity index (χ2n) is 10.2. The van der Waals surface area contributed by atoms with Crippen LogP contribution in [0.3, 0.4) is 0 Å². The predicted octanol–water partition coefficient (Wildman–Crippen LogP) is 3.32. The van der Waals surface area contributed by atoms with Crippen LogP contribution in [0.2, 0.25) is 0 Å². The number of nitrogens with two attached hydrogens (primary N) is 2. The molecule has 4 aromatic carbocycles. The van der Waals surface area contributed by atoms with Crippen LogP contribution >= 0.6 is 0 Å². The van der Waals surface area contributed by atoms with Gasteiger partial charge < -0.3 is 30.4 Å². The van der Waals surface area contributed by atoms with E-state index >= 15 is 0 Å². The van der Waals surface area contributed by atoms with Crippen LogP contribution in [-0.2, 0) is 26.7 Å². The van der Waals surface area contributed by atoms with Crippen molar-refractivity contribution in [2.75, 3.05) is 26.3 Å². The summed E-state index contributed by atoms with van der Waals surface area (Å²) in [5, 5.41) is 0. The lowest BCUT2D eigenvalue weighted by molar-refractivity contribution is 0.116. The van der Waals surface area contributed by atoms with Crippen molar-refractivity contribution >= 4 is 20.2 Å². The Morgan fingerprint density at radius 3 is 1.69 bits per heavy atom. The molecule has 238 valence electrons. The number of para-hydroxylation sites is 2. The Morgan fingerprint density at radius 2 is 1.20 bits per heavy atom. The van der Waals surface area contributed by atoms with E-state index in [-0.39, 0.29) is 54.7 Å². The molecule has 0 radical (unpaired) electrons. The molecule has 0 heterocycles. The van der Waals surface area contributed by atoms with E-state index in [1.807, 2.05) is 12.1 Å². The fourth-order valence-electron chi connectivity index (χ4n) is 4.90. The van der Waals surface area contributed by atoms with Gasteiger partial charge in [-0.1, -0.05) is 42.5 Å². The average molecular weight is 657 g/mol. The molecule has 45 heavy (non-hydrogen) atoms. The molecule has 2 unspecified atom stereocenters. The summed E-state index contributed by atoms with van der Waals surface area (Å²) in [6, 6.07) is 22.9. The molecule has 5 rings (SSSR count). The lowest BCUT2D eigenvalue weighted by Gasteiger charge is -2.24. The first-order chi connectivity index (χ1) is 21.5. The highest BCUT2D eigenvalue weighted by Gasteiger charge is 2.33. The molecule has 0 saturated heterocycles. The molecule has 0 saturated carbocycles. The van der Waals surface area contributed by atoms with Crippen molar-refractivity contribution in [1.29, 1.82) is 0 Å². The topological polar surface area (TPSA) is 198 Å². The van der Waals surface area contributed by atoms with Crippen molar-refractivity contribution < 1.29 is 44.9 Å². The quantitative estimate of drug-likeness (QED) is 0.127. The minimum atomic E-state index is -4.93. The van der Waals surface area contributed by atoms with Gasteiger partial charge in [-0.3, -0.25) is 9.11 Å². The number of hydrogen-bond donors (Lipinski definition) is 4. The van der Waals surface area contributed by atoms with Gasteiger partial charge in [-0.2, -0.15) is 16.8 Å². The first-order valence-corrected chi connectivity index (χ1v) is 16.7. The molecular weight excluding hydrogens is 624 g/mol. The van der Waals surface area contributed by atoms with Gasteiger partial charge in [0.2, 0.25) is 0 Å². The Bertz CT molecular complexity index is 1870. The molecule has 1 aliphatic carbocycles. The second-order valence-corrected chi connectivity index (χ2v) is 13.0. The van der Waals surface area contributed by atoms with E-state index in [4.69, 9.17) is 30.4 Å². The third-order valence-electron chi connectivity index (χ3n) is 7.06. The standard InChI is InChI=1S/C31H32N2O10S2/c32-16-23(42-21-7-3-1-4-8-21)18-40-30-28-13-20-11-12-25(44(34,35)36)14-26(20)27(28)15-29(45(37,38)39)31(30)41-19-24(17-33)43-22-9-5-2-6-10-22/h1-12,14-15,23-24H,13,16-19,32-33H2,(H,34,35,36)(H,37,38,39). The third-order valence-corrected chi connectivity index (χ3v) is 8.77. The van der Waals surface area contributed by atoms with E-state index in [0.29, 0.717) is 28.2 Å².